The van der Waals surface area contributed by atoms with Gasteiger partial charge in [0.1, 0.15) is 0 Å². The van der Waals surface area contributed by atoms with Gasteiger partial charge in [0.15, 0.2) is 0 Å². The van der Waals surface area contributed by atoms with Crippen molar-refractivity contribution in [1.29, 1.82) is 0 Å². The fraction of sp³-hybridized carbons (Fsp3) is 0. The fourth-order valence-corrected chi connectivity index (χ4v) is 0. The maximum atomic E-state index is 0. The molecule has 0 amide bonds. The summed E-state index contributed by atoms with van der Waals surface area (Å²) in [5.74, 6) is 0. The zero-order valence-corrected chi connectivity index (χ0v) is 7.17. The van der Waals surface area contributed by atoms with Gasteiger partial charge < -0.3 is 38.3 Å². The molecule has 0 aromatic rings. The Balaban J connectivity index is 0. The molecule has 0 aliphatic carbocycles. The minimum absolute atomic E-state index is 0. The van der Waals surface area contributed by atoms with Crippen molar-refractivity contribution in [2.45, 2.75) is 0 Å². The zero-order chi connectivity index (χ0) is 0. The Bertz CT molecular complexity index is 4.35. The third-order valence-electron chi connectivity index (χ3n) is 0. The van der Waals surface area contributed by atoms with Crippen LogP contribution >= 0.6 is 0 Å². The Morgan fingerprint density at radius 1 is 0.250 bits per heavy atom. The van der Waals surface area contributed by atoms with Gasteiger partial charge in [-0.25, -0.2) is 0 Å². The molecule has 0 atom stereocenters. The summed E-state index contributed by atoms with van der Waals surface area (Å²) in [5.41, 5.74) is 0. The van der Waals surface area contributed by atoms with Crippen LogP contribution in [0.4, 0.5) is 0 Å². The van der Waals surface area contributed by atoms with Crippen LogP contribution in [0, 0.1) is 0 Å². The first kappa shape index (κ1) is 3820. The van der Waals surface area contributed by atoms with Crippen LogP contribution in [0.15, 0.2) is 0 Å². The quantitative estimate of drug-likeness (QED) is 0.326. The van der Waals surface area contributed by atoms with Crippen LogP contribution in [0.5, 0.6) is 0 Å². The maximum absolute atomic E-state index is 0. The first-order valence-corrected chi connectivity index (χ1v) is 0. The van der Waals surface area contributed by atoms with Crippen LogP contribution in [0.2, 0.25) is 0 Å². The molecule has 0 aliphatic rings. The van der Waals surface area contributed by atoms with Crippen molar-refractivity contribution in [3.8, 4) is 0 Å². The summed E-state index contributed by atoms with van der Waals surface area (Å²) in [7, 11) is 0. The second kappa shape index (κ2) is 2510. The molecule has 0 aromatic carbocycles. The minimum atomic E-state index is 0. The maximum Gasteiger partial charge on any atom is 0 e. The van der Waals surface area contributed by atoms with Gasteiger partial charge in [0.25, 0.3) is 0 Å². The van der Waals surface area contributed by atoms with Gasteiger partial charge in [0, 0.05) is 19.5 Å². The predicted molar refractivity (Wildman–Crippen MR) is 25.3 cm³/mol. The zero-order valence-electron chi connectivity index (χ0n) is 4.21. The molecule has 14 N–H and O–H groups in total. The molecular formula is H14O7Zn. The van der Waals surface area contributed by atoms with Crippen molar-refractivity contribution in [2.75, 3.05) is 0 Å². The van der Waals surface area contributed by atoms with E-state index in [-0.39, 0.29) is 57.8 Å². The van der Waals surface area contributed by atoms with Crippen molar-refractivity contribution >= 4 is 0 Å². The van der Waals surface area contributed by atoms with E-state index in [1.165, 1.54) is 0 Å². The van der Waals surface area contributed by atoms with E-state index in [1.807, 2.05) is 0 Å². The molecular weight excluding hydrogens is 177 g/mol. The van der Waals surface area contributed by atoms with Crippen LogP contribution in [0.3, 0.4) is 0 Å². The van der Waals surface area contributed by atoms with Crippen LogP contribution in [-0.2, 0) is 19.5 Å². The van der Waals surface area contributed by atoms with Crippen molar-refractivity contribution in [1.82, 2.24) is 0 Å². The number of hydrogen-bond donors (Lipinski definition) is 0. The van der Waals surface area contributed by atoms with Crippen LogP contribution in [0.25, 0.3) is 0 Å². The third kappa shape index (κ3) is 1540. The van der Waals surface area contributed by atoms with Gasteiger partial charge in [-0.05, 0) is 0 Å². The average Bonchev–Trinajstić information content (AvgIpc) is 0. The molecule has 0 aliphatic heterocycles. The molecule has 0 aromatic heterocycles. The molecule has 0 radical (unpaired) electrons. The summed E-state index contributed by atoms with van der Waals surface area (Å²) >= 11 is 0. The molecule has 8 heteroatoms. The van der Waals surface area contributed by atoms with Gasteiger partial charge in [-0.3, -0.25) is 0 Å². The van der Waals surface area contributed by atoms with Crippen LogP contribution in [0.1, 0.15) is 0 Å². The van der Waals surface area contributed by atoms with E-state index in [9.17, 15) is 0 Å². The molecule has 0 bridgehead atoms. The molecule has 0 heterocycles. The van der Waals surface area contributed by atoms with Gasteiger partial charge >= 0.3 is 0 Å². The van der Waals surface area contributed by atoms with Gasteiger partial charge in [-0.15, -0.1) is 0 Å². The molecule has 0 spiro atoms. The summed E-state index contributed by atoms with van der Waals surface area (Å²) in [6.45, 7) is 0. The average molecular weight is 191 g/mol. The van der Waals surface area contributed by atoms with E-state index in [2.05, 4.69) is 0 Å². The smallest absolute Gasteiger partial charge is 0 e. The Hall–Kier alpha value is 0.343. The van der Waals surface area contributed by atoms with Crippen LogP contribution in [-0.4, -0.2) is 38.3 Å². The van der Waals surface area contributed by atoms with Gasteiger partial charge in [0.05, 0.1) is 0 Å². The Morgan fingerprint density at radius 2 is 0.250 bits per heavy atom. The molecule has 8 heavy (non-hydrogen) atoms. The van der Waals surface area contributed by atoms with Crippen LogP contribution < -0.4 is 0 Å². The number of hydrogen-bond acceptors (Lipinski definition) is 0. The summed E-state index contributed by atoms with van der Waals surface area (Å²) in [6, 6.07) is 0. The van der Waals surface area contributed by atoms with E-state index in [0.29, 0.717) is 0 Å². The fourth-order valence-electron chi connectivity index (χ4n) is 0. The third-order valence-corrected chi connectivity index (χ3v) is 0. The molecule has 0 saturated heterocycles. The SMILES string of the molecule is O.O.O.O.O.O.O.[Zn]. The van der Waals surface area contributed by atoms with Crippen molar-refractivity contribution in [3.63, 3.8) is 0 Å². The van der Waals surface area contributed by atoms with Gasteiger partial charge in [0.2, 0.25) is 0 Å². The minimum Gasteiger partial charge on any atom is -0.412 e. The van der Waals surface area contributed by atoms with E-state index in [1.54, 1.807) is 0 Å². The summed E-state index contributed by atoms with van der Waals surface area (Å²) in [5, 5.41) is 0. The van der Waals surface area contributed by atoms with Crippen molar-refractivity contribution in [3.05, 3.63) is 0 Å². The molecule has 0 unspecified atom stereocenters. The molecule has 0 rings (SSSR count). The molecule has 7 nitrogen and oxygen atoms in total. The summed E-state index contributed by atoms with van der Waals surface area (Å²) < 4.78 is 0. The van der Waals surface area contributed by atoms with Crippen molar-refractivity contribution in [2.24, 2.45) is 0 Å². The van der Waals surface area contributed by atoms with E-state index in [4.69, 9.17) is 0 Å². The van der Waals surface area contributed by atoms with E-state index in [0.717, 1.165) is 0 Å². The normalized spacial score (nSPS) is 0. The molecule has 0 fully saturated rings. The predicted octanol–water partition coefficient (Wildman–Crippen LogP) is -5.78. The largest absolute Gasteiger partial charge is 0.412 e. The van der Waals surface area contributed by atoms with E-state index < -0.39 is 0 Å². The number of rotatable bonds is 0. The van der Waals surface area contributed by atoms with E-state index >= 15 is 0 Å². The monoisotopic (exact) mass is 190 g/mol. The molecule has 58 valence electrons. The Kier molecular flexibility index (Phi) is 1200000. The Morgan fingerprint density at radius 3 is 0.250 bits per heavy atom. The second-order valence-corrected chi connectivity index (χ2v) is 0. The second-order valence-electron chi connectivity index (χ2n) is 0. The molecule has 0 saturated carbocycles. The standard InChI is InChI=1S/7H2O.Zn/h7*1H2;. The van der Waals surface area contributed by atoms with Crippen molar-refractivity contribution < 1.29 is 57.8 Å². The van der Waals surface area contributed by atoms with Gasteiger partial charge in [-0.2, -0.15) is 0 Å². The first-order chi connectivity index (χ1) is 0. The Labute approximate surface area is 58.6 Å². The summed E-state index contributed by atoms with van der Waals surface area (Å²) in [6.07, 6.45) is 0. The first-order valence-electron chi connectivity index (χ1n) is 0. The summed E-state index contributed by atoms with van der Waals surface area (Å²) in [4.78, 5) is 0. The topological polar surface area (TPSA) is 220 Å². The van der Waals surface area contributed by atoms with Gasteiger partial charge in [-0.1, -0.05) is 0 Å².